The Morgan fingerprint density at radius 3 is 2.61 bits per heavy atom. The fourth-order valence-corrected chi connectivity index (χ4v) is 2.07. The van der Waals surface area contributed by atoms with Crippen LogP contribution in [0.25, 0.3) is 0 Å². The molecule has 1 rings (SSSR count). The van der Waals surface area contributed by atoms with Gasteiger partial charge in [-0.15, -0.1) is 0 Å². The van der Waals surface area contributed by atoms with Crippen LogP contribution in [0.1, 0.15) is 41.0 Å². The maximum absolute atomic E-state index is 5.48. The number of hydrogen-bond donors (Lipinski definition) is 0. The molecule has 2 unspecified atom stereocenters. The molecule has 0 N–H and O–H groups in total. The van der Waals surface area contributed by atoms with E-state index in [9.17, 15) is 0 Å². The molecule has 100 valence electrons. The molecule has 0 aromatic carbocycles. The lowest BCUT2D eigenvalue weighted by Crippen LogP contribution is -2.17. The van der Waals surface area contributed by atoms with Gasteiger partial charge < -0.3 is 4.74 Å². The molecule has 0 heterocycles. The first-order valence-electron chi connectivity index (χ1n) is 6.71. The highest BCUT2D eigenvalue weighted by molar-refractivity contribution is 6.03. The summed E-state index contributed by atoms with van der Waals surface area (Å²) in [4.78, 5) is 4.67. The Bertz CT molecular complexity index is 413. The van der Waals surface area contributed by atoms with Gasteiger partial charge in [0, 0.05) is 17.3 Å². The number of nitrogens with zero attached hydrogens (tertiary/aromatic N) is 1. The van der Waals surface area contributed by atoms with Gasteiger partial charge in [0.25, 0.3) is 0 Å². The number of ether oxygens (including phenoxy) is 1. The first kappa shape index (κ1) is 14.7. The van der Waals surface area contributed by atoms with Crippen LogP contribution in [0.15, 0.2) is 40.2 Å². The van der Waals surface area contributed by atoms with E-state index in [4.69, 9.17) is 4.74 Å². The fraction of sp³-hybridized carbons (Fsp3) is 0.562. The summed E-state index contributed by atoms with van der Waals surface area (Å²) in [6.45, 7) is 10.6. The van der Waals surface area contributed by atoms with Crippen LogP contribution in [0.4, 0.5) is 0 Å². The zero-order valence-electron chi connectivity index (χ0n) is 12.4. The summed E-state index contributed by atoms with van der Waals surface area (Å²) in [5.41, 5.74) is 3.41. The van der Waals surface area contributed by atoms with Gasteiger partial charge in [0.2, 0.25) is 0 Å². The second kappa shape index (κ2) is 6.58. The van der Waals surface area contributed by atoms with Crippen LogP contribution < -0.4 is 0 Å². The average molecular weight is 247 g/mol. The molecule has 0 aromatic heterocycles. The SMILES string of the molecule is C/C=C(/C)N=C(CC)C1=CC(C)C(C)C(OC)=C1. The standard InChI is InChI=1S/C16H25NO/c1-7-12(4)17-15(8-2)14-9-11(3)13(5)16(10-14)18-6/h7,9-11,13H,8H2,1-6H3/b12-7-,17-15?. The molecule has 0 bridgehead atoms. The molecule has 0 spiro atoms. The average Bonchev–Trinajstić information content (AvgIpc) is 2.38. The summed E-state index contributed by atoms with van der Waals surface area (Å²) in [7, 11) is 1.75. The fourth-order valence-electron chi connectivity index (χ4n) is 2.07. The Hall–Kier alpha value is -1.31. The molecule has 1 aliphatic carbocycles. The summed E-state index contributed by atoms with van der Waals surface area (Å²) in [5, 5.41) is 0. The Balaban J connectivity index is 3.11. The molecule has 0 fully saturated rings. The summed E-state index contributed by atoms with van der Waals surface area (Å²) in [6.07, 6.45) is 7.41. The minimum atomic E-state index is 0.444. The normalized spacial score (nSPS) is 25.7. The smallest absolute Gasteiger partial charge is 0.0995 e. The zero-order chi connectivity index (χ0) is 13.7. The van der Waals surface area contributed by atoms with E-state index in [-0.39, 0.29) is 0 Å². The van der Waals surface area contributed by atoms with Crippen LogP contribution in [0.5, 0.6) is 0 Å². The zero-order valence-corrected chi connectivity index (χ0v) is 12.4. The first-order valence-corrected chi connectivity index (χ1v) is 6.71. The molecule has 2 atom stereocenters. The molecule has 2 nitrogen and oxygen atoms in total. The first-order chi connectivity index (χ1) is 8.53. The van der Waals surface area contributed by atoms with Gasteiger partial charge in [0.05, 0.1) is 12.9 Å². The Labute approximate surface area is 111 Å². The molecule has 0 saturated carbocycles. The molecule has 0 amide bonds. The van der Waals surface area contributed by atoms with Gasteiger partial charge in [0.15, 0.2) is 0 Å². The highest BCUT2D eigenvalue weighted by Gasteiger charge is 2.22. The second-order valence-electron chi connectivity index (χ2n) is 4.86. The molecule has 0 aliphatic heterocycles. The van der Waals surface area contributed by atoms with Crippen molar-refractivity contribution in [2.75, 3.05) is 7.11 Å². The third kappa shape index (κ3) is 3.34. The maximum Gasteiger partial charge on any atom is 0.0995 e. The predicted octanol–water partition coefficient (Wildman–Crippen LogP) is 4.50. The van der Waals surface area contributed by atoms with E-state index in [0.717, 1.165) is 23.6 Å². The van der Waals surface area contributed by atoms with Crippen molar-refractivity contribution >= 4 is 5.71 Å². The van der Waals surface area contributed by atoms with Gasteiger partial charge in [0.1, 0.15) is 0 Å². The van der Waals surface area contributed by atoms with E-state index in [1.807, 2.05) is 19.9 Å². The van der Waals surface area contributed by atoms with Crippen molar-refractivity contribution in [3.8, 4) is 0 Å². The summed E-state index contributed by atoms with van der Waals surface area (Å²) >= 11 is 0. The maximum atomic E-state index is 5.48. The highest BCUT2D eigenvalue weighted by atomic mass is 16.5. The van der Waals surface area contributed by atoms with Gasteiger partial charge in [-0.25, -0.2) is 0 Å². The van der Waals surface area contributed by atoms with Crippen molar-refractivity contribution in [3.05, 3.63) is 35.3 Å². The van der Waals surface area contributed by atoms with Gasteiger partial charge in [-0.05, 0) is 37.8 Å². The number of hydrogen-bond acceptors (Lipinski definition) is 2. The Kier molecular flexibility index (Phi) is 5.39. The topological polar surface area (TPSA) is 21.6 Å². The van der Waals surface area contributed by atoms with Gasteiger partial charge >= 0.3 is 0 Å². The molecule has 18 heavy (non-hydrogen) atoms. The van der Waals surface area contributed by atoms with E-state index in [0.29, 0.717) is 11.8 Å². The van der Waals surface area contributed by atoms with Crippen molar-refractivity contribution in [2.45, 2.75) is 41.0 Å². The molecular formula is C16H25NO. The molecular weight excluding hydrogens is 222 g/mol. The second-order valence-corrected chi connectivity index (χ2v) is 4.86. The van der Waals surface area contributed by atoms with Gasteiger partial charge in [-0.2, -0.15) is 0 Å². The van der Waals surface area contributed by atoms with E-state index < -0.39 is 0 Å². The lowest BCUT2D eigenvalue weighted by atomic mass is 9.85. The van der Waals surface area contributed by atoms with E-state index >= 15 is 0 Å². The van der Waals surface area contributed by atoms with E-state index in [1.54, 1.807) is 7.11 Å². The molecule has 0 aromatic rings. The van der Waals surface area contributed by atoms with Gasteiger partial charge in [-0.1, -0.05) is 32.9 Å². The number of rotatable bonds is 4. The van der Waals surface area contributed by atoms with E-state index in [2.05, 4.69) is 37.9 Å². The lowest BCUT2D eigenvalue weighted by Gasteiger charge is -2.25. The van der Waals surface area contributed by atoms with Crippen molar-refractivity contribution in [1.29, 1.82) is 0 Å². The monoisotopic (exact) mass is 247 g/mol. The minimum absolute atomic E-state index is 0.444. The molecule has 1 aliphatic rings. The Morgan fingerprint density at radius 2 is 2.11 bits per heavy atom. The molecule has 0 saturated heterocycles. The van der Waals surface area contributed by atoms with Crippen molar-refractivity contribution < 1.29 is 4.74 Å². The van der Waals surface area contributed by atoms with Crippen LogP contribution in [0.2, 0.25) is 0 Å². The van der Waals surface area contributed by atoms with Crippen molar-refractivity contribution in [2.24, 2.45) is 16.8 Å². The number of allylic oxidation sites excluding steroid dienone is 6. The van der Waals surface area contributed by atoms with Crippen LogP contribution in [0.3, 0.4) is 0 Å². The van der Waals surface area contributed by atoms with Crippen LogP contribution >= 0.6 is 0 Å². The molecule has 2 heteroatoms. The summed E-state index contributed by atoms with van der Waals surface area (Å²) in [5.74, 6) is 1.99. The third-order valence-electron chi connectivity index (χ3n) is 3.61. The van der Waals surface area contributed by atoms with Crippen molar-refractivity contribution in [1.82, 2.24) is 0 Å². The minimum Gasteiger partial charge on any atom is -0.501 e. The lowest BCUT2D eigenvalue weighted by molar-refractivity contribution is 0.227. The van der Waals surface area contributed by atoms with Crippen LogP contribution in [-0.4, -0.2) is 12.8 Å². The highest BCUT2D eigenvalue weighted by Crippen LogP contribution is 2.30. The van der Waals surface area contributed by atoms with Crippen molar-refractivity contribution in [3.63, 3.8) is 0 Å². The third-order valence-corrected chi connectivity index (χ3v) is 3.61. The summed E-state index contributed by atoms with van der Waals surface area (Å²) in [6, 6.07) is 0. The van der Waals surface area contributed by atoms with E-state index in [1.165, 1.54) is 5.57 Å². The predicted molar refractivity (Wildman–Crippen MR) is 78.7 cm³/mol. The number of aliphatic imine (C=N–C) groups is 1. The van der Waals surface area contributed by atoms with Gasteiger partial charge in [-0.3, -0.25) is 4.99 Å². The molecule has 0 radical (unpaired) electrons. The quantitative estimate of drug-likeness (QED) is 0.670. The van der Waals surface area contributed by atoms with Crippen LogP contribution in [-0.2, 0) is 4.74 Å². The number of methoxy groups -OCH3 is 1. The largest absolute Gasteiger partial charge is 0.501 e. The Morgan fingerprint density at radius 1 is 1.44 bits per heavy atom. The van der Waals surface area contributed by atoms with Crippen LogP contribution in [0, 0.1) is 11.8 Å². The summed E-state index contributed by atoms with van der Waals surface area (Å²) < 4.78 is 5.48.